The standard InChI is InChI=1S/C19H25N7O2/c1-13-10-20-19(24-17(13)18-22-12-23-25(18)3)21-11-15(16-5-4-14(2)28-16)26-6-8-27-9-7-26/h4-5,10,12,15H,6-9,11H2,1-3H3,(H,20,21,24). The van der Waals surface area contributed by atoms with Gasteiger partial charge in [-0.2, -0.15) is 5.10 Å². The van der Waals surface area contributed by atoms with Crippen LogP contribution < -0.4 is 5.32 Å². The van der Waals surface area contributed by atoms with E-state index in [1.165, 1.54) is 6.33 Å². The molecule has 1 aliphatic rings. The number of rotatable bonds is 6. The van der Waals surface area contributed by atoms with Crippen molar-refractivity contribution in [3.05, 3.63) is 41.7 Å². The van der Waals surface area contributed by atoms with Gasteiger partial charge in [0.1, 0.15) is 23.5 Å². The van der Waals surface area contributed by atoms with Crippen LogP contribution >= 0.6 is 0 Å². The van der Waals surface area contributed by atoms with Crippen LogP contribution in [0, 0.1) is 13.8 Å². The van der Waals surface area contributed by atoms with Gasteiger partial charge in [0.15, 0.2) is 5.82 Å². The first-order valence-corrected chi connectivity index (χ1v) is 9.42. The van der Waals surface area contributed by atoms with Crippen molar-refractivity contribution in [3.63, 3.8) is 0 Å². The van der Waals surface area contributed by atoms with E-state index in [2.05, 4.69) is 30.3 Å². The van der Waals surface area contributed by atoms with E-state index >= 15 is 0 Å². The van der Waals surface area contributed by atoms with Crippen LogP contribution in [0.1, 0.15) is 23.1 Å². The molecule has 1 N–H and O–H groups in total. The Labute approximate surface area is 163 Å². The minimum absolute atomic E-state index is 0.0841. The van der Waals surface area contributed by atoms with Gasteiger partial charge in [0.05, 0.1) is 19.3 Å². The van der Waals surface area contributed by atoms with E-state index < -0.39 is 0 Å². The summed E-state index contributed by atoms with van der Waals surface area (Å²) in [5.41, 5.74) is 1.72. The monoisotopic (exact) mass is 383 g/mol. The van der Waals surface area contributed by atoms with E-state index in [0.717, 1.165) is 49.1 Å². The Hall–Kier alpha value is -2.78. The molecule has 0 amide bonds. The van der Waals surface area contributed by atoms with Gasteiger partial charge in [0, 0.05) is 32.9 Å². The Morgan fingerprint density at radius 2 is 2.00 bits per heavy atom. The fourth-order valence-electron chi connectivity index (χ4n) is 3.38. The van der Waals surface area contributed by atoms with Crippen LogP contribution in [0.5, 0.6) is 0 Å². The predicted molar refractivity (Wildman–Crippen MR) is 104 cm³/mol. The Kier molecular flexibility index (Phi) is 5.36. The SMILES string of the molecule is Cc1ccc(C(CNc2ncc(C)c(-c3ncnn3C)n2)N2CCOCC2)o1. The molecule has 3 aromatic rings. The molecular weight excluding hydrogens is 358 g/mol. The predicted octanol–water partition coefficient (Wildman–Crippen LogP) is 1.97. The van der Waals surface area contributed by atoms with Crippen LogP contribution in [0.2, 0.25) is 0 Å². The van der Waals surface area contributed by atoms with Gasteiger partial charge in [-0.05, 0) is 31.5 Å². The summed E-state index contributed by atoms with van der Waals surface area (Å²) in [6.07, 6.45) is 3.33. The highest BCUT2D eigenvalue weighted by molar-refractivity contribution is 5.55. The lowest BCUT2D eigenvalue weighted by Gasteiger charge is -2.33. The number of nitrogens with one attached hydrogen (secondary N) is 1. The van der Waals surface area contributed by atoms with Crippen LogP contribution in [0.25, 0.3) is 11.5 Å². The Morgan fingerprint density at radius 1 is 1.18 bits per heavy atom. The number of aryl methyl sites for hydroxylation is 3. The first kappa shape index (κ1) is 18.6. The third-order valence-electron chi connectivity index (χ3n) is 4.92. The van der Waals surface area contributed by atoms with Crippen LogP contribution in [0.4, 0.5) is 5.95 Å². The zero-order valence-corrected chi connectivity index (χ0v) is 16.4. The molecule has 28 heavy (non-hydrogen) atoms. The number of furan rings is 1. The van der Waals surface area contributed by atoms with Gasteiger partial charge in [0.25, 0.3) is 0 Å². The molecule has 1 unspecified atom stereocenters. The van der Waals surface area contributed by atoms with Crippen molar-refractivity contribution in [3.8, 4) is 11.5 Å². The zero-order valence-electron chi connectivity index (χ0n) is 16.4. The minimum atomic E-state index is 0.0841. The van der Waals surface area contributed by atoms with E-state index in [1.807, 2.05) is 33.0 Å². The van der Waals surface area contributed by atoms with Crippen LogP contribution in [0.15, 0.2) is 29.1 Å². The van der Waals surface area contributed by atoms with Gasteiger partial charge >= 0.3 is 0 Å². The van der Waals surface area contributed by atoms with E-state index in [4.69, 9.17) is 9.15 Å². The molecule has 4 heterocycles. The summed E-state index contributed by atoms with van der Waals surface area (Å²) in [7, 11) is 1.85. The molecular formula is C19H25N7O2. The second-order valence-electron chi connectivity index (χ2n) is 6.93. The molecule has 4 rings (SSSR count). The van der Waals surface area contributed by atoms with Crippen LogP contribution in [-0.4, -0.2) is 62.5 Å². The zero-order chi connectivity index (χ0) is 19.5. The third kappa shape index (κ3) is 3.90. The molecule has 1 saturated heterocycles. The van der Waals surface area contributed by atoms with Crippen molar-refractivity contribution >= 4 is 5.95 Å². The maximum Gasteiger partial charge on any atom is 0.223 e. The van der Waals surface area contributed by atoms with Gasteiger partial charge in [-0.15, -0.1) is 0 Å². The van der Waals surface area contributed by atoms with Gasteiger partial charge in [-0.3, -0.25) is 4.90 Å². The number of hydrogen-bond acceptors (Lipinski definition) is 8. The van der Waals surface area contributed by atoms with Gasteiger partial charge < -0.3 is 14.5 Å². The number of ether oxygens (including phenoxy) is 1. The Balaban J connectivity index is 1.54. The molecule has 0 saturated carbocycles. The first-order chi connectivity index (χ1) is 13.6. The number of aromatic nitrogens is 5. The number of hydrogen-bond donors (Lipinski definition) is 1. The highest BCUT2D eigenvalue weighted by Crippen LogP contribution is 2.25. The van der Waals surface area contributed by atoms with Crippen LogP contribution in [0.3, 0.4) is 0 Å². The fourth-order valence-corrected chi connectivity index (χ4v) is 3.38. The summed E-state index contributed by atoms with van der Waals surface area (Å²) < 4.78 is 13.1. The van der Waals surface area contributed by atoms with Crippen molar-refractivity contribution in [2.24, 2.45) is 7.05 Å². The van der Waals surface area contributed by atoms with E-state index in [9.17, 15) is 0 Å². The quantitative estimate of drug-likeness (QED) is 0.690. The van der Waals surface area contributed by atoms with Crippen molar-refractivity contribution in [2.45, 2.75) is 19.9 Å². The molecule has 0 spiro atoms. The lowest BCUT2D eigenvalue weighted by atomic mass is 10.1. The first-order valence-electron chi connectivity index (χ1n) is 9.42. The minimum Gasteiger partial charge on any atom is -0.465 e. The van der Waals surface area contributed by atoms with Crippen molar-refractivity contribution in [2.75, 3.05) is 38.2 Å². The number of nitrogens with zero attached hydrogens (tertiary/aromatic N) is 6. The maximum atomic E-state index is 5.92. The fraction of sp³-hybridized carbons (Fsp3) is 0.474. The summed E-state index contributed by atoms with van der Waals surface area (Å²) in [4.78, 5) is 15.8. The van der Waals surface area contributed by atoms with Crippen LogP contribution in [-0.2, 0) is 11.8 Å². The summed E-state index contributed by atoms with van der Waals surface area (Å²) in [6, 6.07) is 4.12. The molecule has 148 valence electrons. The summed E-state index contributed by atoms with van der Waals surface area (Å²) in [6.45, 7) is 7.75. The molecule has 0 radical (unpaired) electrons. The molecule has 1 fully saturated rings. The van der Waals surface area contributed by atoms with Gasteiger partial charge in [0.2, 0.25) is 5.95 Å². The van der Waals surface area contributed by atoms with E-state index in [-0.39, 0.29) is 6.04 Å². The average Bonchev–Trinajstić information content (AvgIpc) is 3.32. The topological polar surface area (TPSA) is 94.1 Å². The van der Waals surface area contributed by atoms with Crippen molar-refractivity contribution in [1.82, 2.24) is 29.6 Å². The molecule has 0 bridgehead atoms. The molecule has 9 nitrogen and oxygen atoms in total. The molecule has 9 heteroatoms. The van der Waals surface area contributed by atoms with Crippen molar-refractivity contribution in [1.29, 1.82) is 0 Å². The van der Waals surface area contributed by atoms with E-state index in [0.29, 0.717) is 18.3 Å². The molecule has 3 aromatic heterocycles. The second-order valence-corrected chi connectivity index (χ2v) is 6.93. The highest BCUT2D eigenvalue weighted by atomic mass is 16.5. The largest absolute Gasteiger partial charge is 0.465 e. The maximum absolute atomic E-state index is 5.92. The number of anilines is 1. The summed E-state index contributed by atoms with van der Waals surface area (Å²) in [5, 5.41) is 7.51. The highest BCUT2D eigenvalue weighted by Gasteiger charge is 2.25. The van der Waals surface area contributed by atoms with Gasteiger partial charge in [-0.1, -0.05) is 0 Å². The Bertz CT molecular complexity index is 930. The molecule has 1 aliphatic heterocycles. The molecule has 0 aromatic carbocycles. The Morgan fingerprint density at radius 3 is 2.68 bits per heavy atom. The average molecular weight is 383 g/mol. The molecule has 1 atom stereocenters. The summed E-state index contributed by atoms with van der Waals surface area (Å²) >= 11 is 0. The lowest BCUT2D eigenvalue weighted by molar-refractivity contribution is 0.0143. The van der Waals surface area contributed by atoms with Gasteiger partial charge in [-0.25, -0.2) is 19.6 Å². The van der Waals surface area contributed by atoms with Crippen molar-refractivity contribution < 1.29 is 9.15 Å². The lowest BCUT2D eigenvalue weighted by Crippen LogP contribution is -2.41. The second kappa shape index (κ2) is 8.07. The number of morpholine rings is 1. The normalized spacial score (nSPS) is 16.2. The van der Waals surface area contributed by atoms with E-state index in [1.54, 1.807) is 10.9 Å². The smallest absolute Gasteiger partial charge is 0.223 e. The molecule has 0 aliphatic carbocycles. The third-order valence-corrected chi connectivity index (χ3v) is 4.92. The summed E-state index contributed by atoms with van der Waals surface area (Å²) in [5.74, 6) is 3.12.